The smallest absolute Gasteiger partial charge is 0.410 e. The first kappa shape index (κ1) is 15.6. The van der Waals surface area contributed by atoms with Crippen molar-refractivity contribution in [2.45, 2.75) is 32.5 Å². The van der Waals surface area contributed by atoms with Crippen LogP contribution in [0.3, 0.4) is 0 Å². The highest BCUT2D eigenvalue weighted by atomic mass is 16.6. The van der Waals surface area contributed by atoms with Crippen LogP contribution in [0.15, 0.2) is 0 Å². The van der Waals surface area contributed by atoms with Gasteiger partial charge in [-0.15, -0.1) is 0 Å². The summed E-state index contributed by atoms with van der Waals surface area (Å²) < 4.78 is 10.7. The van der Waals surface area contributed by atoms with E-state index in [9.17, 15) is 9.59 Å². The number of morpholine rings is 1. The van der Waals surface area contributed by atoms with Crippen LogP contribution in [0.25, 0.3) is 0 Å². The first-order valence-electron chi connectivity index (χ1n) is 6.22. The SMILES string of the molecule is CN(CC1CN(C(=O)O)CCO1)C(=O)OC(C)(C)C. The maximum absolute atomic E-state index is 11.8. The molecule has 7 heteroatoms. The van der Waals surface area contributed by atoms with Gasteiger partial charge in [0.2, 0.25) is 0 Å². The topological polar surface area (TPSA) is 79.3 Å². The van der Waals surface area contributed by atoms with Crippen molar-refractivity contribution in [3.05, 3.63) is 0 Å². The molecule has 19 heavy (non-hydrogen) atoms. The molecule has 0 aromatic rings. The van der Waals surface area contributed by atoms with Gasteiger partial charge in [-0.2, -0.15) is 0 Å². The average molecular weight is 274 g/mol. The maximum atomic E-state index is 11.8. The van der Waals surface area contributed by atoms with Crippen LogP contribution in [0.4, 0.5) is 9.59 Å². The summed E-state index contributed by atoms with van der Waals surface area (Å²) in [5.41, 5.74) is -0.550. The fourth-order valence-electron chi connectivity index (χ4n) is 1.72. The third-order valence-corrected chi connectivity index (χ3v) is 2.59. The number of carbonyl (C=O) groups is 2. The Hall–Kier alpha value is -1.50. The minimum absolute atomic E-state index is 0.266. The molecule has 0 aromatic carbocycles. The molecule has 1 aliphatic rings. The van der Waals surface area contributed by atoms with Crippen LogP contribution in [-0.4, -0.2) is 72.1 Å². The van der Waals surface area contributed by atoms with Crippen molar-refractivity contribution < 1.29 is 24.2 Å². The van der Waals surface area contributed by atoms with Crippen LogP contribution in [0.2, 0.25) is 0 Å². The fraction of sp³-hybridized carbons (Fsp3) is 0.833. The van der Waals surface area contributed by atoms with Gasteiger partial charge in [0.25, 0.3) is 0 Å². The Morgan fingerprint density at radius 2 is 2.11 bits per heavy atom. The van der Waals surface area contributed by atoms with Gasteiger partial charge in [-0.25, -0.2) is 9.59 Å². The van der Waals surface area contributed by atoms with E-state index in [2.05, 4.69) is 0 Å². The zero-order valence-corrected chi connectivity index (χ0v) is 11.9. The molecule has 1 heterocycles. The third kappa shape index (κ3) is 5.34. The van der Waals surface area contributed by atoms with Crippen molar-refractivity contribution in [3.8, 4) is 0 Å². The molecule has 1 saturated heterocycles. The van der Waals surface area contributed by atoms with Crippen molar-refractivity contribution in [3.63, 3.8) is 0 Å². The summed E-state index contributed by atoms with van der Waals surface area (Å²) in [7, 11) is 1.61. The number of carboxylic acid groups (broad SMARTS) is 1. The highest BCUT2D eigenvalue weighted by Crippen LogP contribution is 2.11. The van der Waals surface area contributed by atoms with E-state index >= 15 is 0 Å². The predicted octanol–water partition coefficient (Wildman–Crippen LogP) is 1.23. The lowest BCUT2D eigenvalue weighted by molar-refractivity contribution is -0.0383. The molecular weight excluding hydrogens is 252 g/mol. The minimum atomic E-state index is -0.965. The lowest BCUT2D eigenvalue weighted by atomic mass is 10.2. The lowest BCUT2D eigenvalue weighted by Crippen LogP contribution is -2.50. The number of amides is 2. The Labute approximate surface area is 113 Å². The fourth-order valence-corrected chi connectivity index (χ4v) is 1.72. The van der Waals surface area contributed by atoms with E-state index in [1.54, 1.807) is 27.8 Å². The molecule has 0 saturated carbocycles. The van der Waals surface area contributed by atoms with Crippen molar-refractivity contribution in [1.82, 2.24) is 9.80 Å². The molecule has 110 valence electrons. The van der Waals surface area contributed by atoms with E-state index in [0.29, 0.717) is 19.7 Å². The third-order valence-electron chi connectivity index (χ3n) is 2.59. The molecule has 1 unspecified atom stereocenters. The van der Waals surface area contributed by atoms with Crippen molar-refractivity contribution in [2.75, 3.05) is 33.3 Å². The number of hydrogen-bond donors (Lipinski definition) is 1. The molecule has 7 nitrogen and oxygen atoms in total. The summed E-state index contributed by atoms with van der Waals surface area (Å²) in [4.78, 5) is 25.3. The molecule has 1 rings (SSSR count). The summed E-state index contributed by atoms with van der Waals surface area (Å²) >= 11 is 0. The zero-order valence-electron chi connectivity index (χ0n) is 11.9. The van der Waals surface area contributed by atoms with Gasteiger partial charge in [0.1, 0.15) is 5.60 Å². The molecule has 2 amide bonds. The molecule has 0 radical (unpaired) electrons. The Balaban J connectivity index is 2.45. The normalized spacial score (nSPS) is 20.0. The monoisotopic (exact) mass is 274 g/mol. The molecule has 1 atom stereocenters. The maximum Gasteiger partial charge on any atom is 0.410 e. The molecule has 1 N–H and O–H groups in total. The van der Waals surface area contributed by atoms with E-state index in [-0.39, 0.29) is 12.6 Å². The summed E-state index contributed by atoms with van der Waals surface area (Å²) in [5, 5.41) is 8.92. The van der Waals surface area contributed by atoms with Gasteiger partial charge >= 0.3 is 12.2 Å². The lowest BCUT2D eigenvalue weighted by Gasteiger charge is -2.33. The Morgan fingerprint density at radius 3 is 2.63 bits per heavy atom. The zero-order chi connectivity index (χ0) is 14.6. The van der Waals surface area contributed by atoms with Gasteiger partial charge in [0, 0.05) is 13.6 Å². The van der Waals surface area contributed by atoms with Crippen molar-refractivity contribution in [1.29, 1.82) is 0 Å². The molecule has 1 fully saturated rings. The number of nitrogens with zero attached hydrogens (tertiary/aromatic N) is 2. The highest BCUT2D eigenvalue weighted by Gasteiger charge is 2.27. The standard InChI is InChI=1S/C12H22N2O5/c1-12(2,3)19-11(17)13(4)7-9-8-14(10(15)16)5-6-18-9/h9H,5-8H2,1-4H3,(H,15,16). The second-order valence-corrected chi connectivity index (χ2v) is 5.58. The first-order valence-corrected chi connectivity index (χ1v) is 6.22. The molecule has 0 bridgehead atoms. The van der Waals surface area contributed by atoms with Crippen LogP contribution in [0.5, 0.6) is 0 Å². The van der Waals surface area contributed by atoms with Crippen LogP contribution in [-0.2, 0) is 9.47 Å². The van der Waals surface area contributed by atoms with Crippen LogP contribution in [0.1, 0.15) is 20.8 Å². The number of hydrogen-bond acceptors (Lipinski definition) is 4. The summed E-state index contributed by atoms with van der Waals surface area (Å²) in [6.07, 6.45) is -1.72. The number of ether oxygens (including phenoxy) is 2. The second-order valence-electron chi connectivity index (χ2n) is 5.58. The Bertz CT molecular complexity index is 340. The van der Waals surface area contributed by atoms with Crippen molar-refractivity contribution >= 4 is 12.2 Å². The van der Waals surface area contributed by atoms with Gasteiger partial charge in [0.15, 0.2) is 0 Å². The summed E-state index contributed by atoms with van der Waals surface area (Å²) in [6.45, 7) is 6.66. The Morgan fingerprint density at radius 1 is 1.47 bits per heavy atom. The van der Waals surface area contributed by atoms with E-state index in [4.69, 9.17) is 14.6 Å². The van der Waals surface area contributed by atoms with Gasteiger partial charge in [0.05, 0.1) is 25.8 Å². The van der Waals surface area contributed by atoms with Crippen LogP contribution < -0.4 is 0 Å². The van der Waals surface area contributed by atoms with Crippen LogP contribution in [0, 0.1) is 0 Å². The minimum Gasteiger partial charge on any atom is -0.465 e. The quantitative estimate of drug-likeness (QED) is 0.819. The predicted molar refractivity (Wildman–Crippen MR) is 68.2 cm³/mol. The van der Waals surface area contributed by atoms with Gasteiger partial charge in [-0.1, -0.05) is 0 Å². The van der Waals surface area contributed by atoms with Gasteiger partial charge < -0.3 is 24.4 Å². The van der Waals surface area contributed by atoms with E-state index in [1.807, 2.05) is 0 Å². The summed E-state index contributed by atoms with van der Waals surface area (Å²) in [5.74, 6) is 0. The average Bonchev–Trinajstić information content (AvgIpc) is 2.27. The van der Waals surface area contributed by atoms with Gasteiger partial charge in [-0.05, 0) is 20.8 Å². The second kappa shape index (κ2) is 6.10. The molecule has 0 aliphatic carbocycles. The largest absolute Gasteiger partial charge is 0.465 e. The van der Waals surface area contributed by atoms with E-state index in [0.717, 1.165) is 0 Å². The molecule has 0 aromatic heterocycles. The summed E-state index contributed by atoms with van der Waals surface area (Å²) in [6, 6.07) is 0. The highest BCUT2D eigenvalue weighted by molar-refractivity contribution is 5.68. The Kier molecular flexibility index (Phi) is 4.99. The number of likely N-dealkylation sites (N-methyl/N-ethyl adjacent to an activating group) is 1. The van der Waals surface area contributed by atoms with Crippen molar-refractivity contribution in [2.24, 2.45) is 0 Å². The van der Waals surface area contributed by atoms with Gasteiger partial charge in [-0.3, -0.25) is 0 Å². The van der Waals surface area contributed by atoms with E-state index in [1.165, 1.54) is 9.80 Å². The molecule has 0 spiro atoms. The van der Waals surface area contributed by atoms with E-state index < -0.39 is 17.8 Å². The van der Waals surface area contributed by atoms with Crippen LogP contribution >= 0.6 is 0 Å². The molecular formula is C12H22N2O5. The first-order chi connectivity index (χ1) is 8.69. The number of rotatable bonds is 2. The molecule has 1 aliphatic heterocycles. The number of carbonyl (C=O) groups excluding carboxylic acids is 1.